The number of likely N-dealkylation sites (tertiary alicyclic amines) is 1. The number of ether oxygens (including phenoxy) is 1. The highest BCUT2D eigenvalue weighted by molar-refractivity contribution is 6.02. The maximum absolute atomic E-state index is 13.7. The highest BCUT2D eigenvalue weighted by Gasteiger charge is 2.45. The monoisotopic (exact) mass is 627 g/mol. The van der Waals surface area contributed by atoms with Gasteiger partial charge in [-0.15, -0.1) is 0 Å². The number of aryl methyl sites for hydroxylation is 1. The molecule has 10 heteroatoms. The van der Waals surface area contributed by atoms with Crippen molar-refractivity contribution in [3.63, 3.8) is 0 Å². The molecule has 2 aliphatic heterocycles. The second kappa shape index (κ2) is 12.9. The van der Waals surface area contributed by atoms with Gasteiger partial charge in [0.25, 0.3) is 5.91 Å². The molecule has 1 saturated heterocycles. The Morgan fingerprint density at radius 2 is 1.77 bits per heavy atom. The van der Waals surface area contributed by atoms with Crippen molar-refractivity contribution >= 4 is 34.0 Å². The predicted octanol–water partition coefficient (Wildman–Crippen LogP) is 5.34. The Hall–Kier alpha value is -5.19. The summed E-state index contributed by atoms with van der Waals surface area (Å²) in [5.41, 5.74) is 7.03. The van der Waals surface area contributed by atoms with Gasteiger partial charge in [-0.3, -0.25) is 19.5 Å². The normalized spacial score (nSPS) is 18.3. The molecule has 0 spiro atoms. The van der Waals surface area contributed by atoms with E-state index in [1.54, 1.807) is 31.8 Å². The summed E-state index contributed by atoms with van der Waals surface area (Å²) in [6.07, 6.45) is 10.7. The van der Waals surface area contributed by atoms with Gasteiger partial charge in [-0.05, 0) is 72.9 Å². The number of H-pyrrole nitrogens is 1. The van der Waals surface area contributed by atoms with Crippen molar-refractivity contribution in [2.45, 2.75) is 25.4 Å². The van der Waals surface area contributed by atoms with Crippen molar-refractivity contribution < 1.29 is 14.3 Å². The third-order valence-corrected chi connectivity index (χ3v) is 9.26. The van der Waals surface area contributed by atoms with Crippen LogP contribution in [0.5, 0.6) is 0 Å². The van der Waals surface area contributed by atoms with Crippen molar-refractivity contribution in [3.05, 3.63) is 103 Å². The number of hydrogen-bond acceptors (Lipinski definition) is 7. The van der Waals surface area contributed by atoms with Crippen molar-refractivity contribution in [1.82, 2.24) is 29.7 Å². The Bertz CT molecular complexity index is 1950. The molecule has 7 rings (SSSR count). The number of benzene rings is 2. The topological polar surface area (TPSA) is 116 Å². The van der Waals surface area contributed by atoms with Crippen molar-refractivity contribution in [2.24, 2.45) is 0 Å². The van der Waals surface area contributed by atoms with Crippen molar-refractivity contribution in [3.8, 4) is 22.5 Å². The Morgan fingerprint density at radius 3 is 2.51 bits per heavy atom. The summed E-state index contributed by atoms with van der Waals surface area (Å²) < 4.78 is 5.86. The fourth-order valence-corrected chi connectivity index (χ4v) is 6.56. The van der Waals surface area contributed by atoms with Gasteiger partial charge < -0.3 is 19.9 Å². The van der Waals surface area contributed by atoms with Gasteiger partial charge >= 0.3 is 0 Å². The van der Waals surface area contributed by atoms with E-state index >= 15 is 0 Å². The zero-order valence-corrected chi connectivity index (χ0v) is 26.6. The minimum atomic E-state index is -1.04. The fourth-order valence-electron chi connectivity index (χ4n) is 6.56. The van der Waals surface area contributed by atoms with E-state index in [9.17, 15) is 9.59 Å². The highest BCUT2D eigenvalue weighted by Crippen LogP contribution is 2.32. The quantitative estimate of drug-likeness (QED) is 0.239. The van der Waals surface area contributed by atoms with Crippen LogP contribution in [-0.2, 0) is 14.3 Å². The molecule has 1 atom stereocenters. The number of aromatic nitrogens is 4. The van der Waals surface area contributed by atoms with E-state index < -0.39 is 5.60 Å². The molecule has 238 valence electrons. The molecule has 0 radical (unpaired) electrons. The van der Waals surface area contributed by atoms with Crippen LogP contribution in [-0.4, -0.2) is 87.0 Å². The van der Waals surface area contributed by atoms with Crippen LogP contribution in [0, 0.1) is 6.92 Å². The molecule has 0 saturated carbocycles. The molecule has 1 fully saturated rings. The van der Waals surface area contributed by atoms with Crippen LogP contribution >= 0.6 is 0 Å². The first-order valence-corrected chi connectivity index (χ1v) is 15.9. The molecule has 3 aromatic heterocycles. The van der Waals surface area contributed by atoms with Crippen LogP contribution in [0.2, 0.25) is 0 Å². The van der Waals surface area contributed by atoms with Gasteiger partial charge in [0.2, 0.25) is 5.91 Å². The van der Waals surface area contributed by atoms with Crippen LogP contribution in [0.3, 0.4) is 0 Å². The van der Waals surface area contributed by atoms with Crippen molar-refractivity contribution in [2.75, 3.05) is 45.2 Å². The molecule has 5 heterocycles. The van der Waals surface area contributed by atoms with Gasteiger partial charge in [0, 0.05) is 91.5 Å². The molecule has 2 aliphatic rings. The number of amides is 2. The first kappa shape index (κ1) is 30.5. The third kappa shape index (κ3) is 6.30. The zero-order chi connectivity index (χ0) is 32.4. The number of pyridine rings is 1. The first-order chi connectivity index (χ1) is 22.9. The summed E-state index contributed by atoms with van der Waals surface area (Å²) in [6.45, 7) is 4.38. The SMILES string of the molecule is COC1(C(=O)Nc2ccc3[nH]cc(-c4ccnc(C)c4)c3c2)CCN(CC(=O)N2CC=C(c3ccc(-c4ncccn4)cc3)CC2)C1. The van der Waals surface area contributed by atoms with Gasteiger partial charge in [-0.2, -0.15) is 0 Å². The highest BCUT2D eigenvalue weighted by atomic mass is 16.5. The molecule has 1 unspecified atom stereocenters. The molecule has 2 N–H and O–H groups in total. The third-order valence-electron chi connectivity index (χ3n) is 9.26. The standard InChI is InChI=1S/C37H37N7O3/c1-25-20-29(10-16-38-25)32-22-41-33-9-8-30(21-31(32)33)42-36(46)37(47-2)13-19-43(24-37)23-34(45)44-17-11-27(12-18-44)26-4-6-28(7-5-26)35-39-14-3-15-40-35/h3-11,14-16,20-22,41H,12-13,17-19,23-24H2,1-2H3,(H,42,46). The van der Waals surface area contributed by atoms with E-state index in [4.69, 9.17) is 4.74 Å². The Balaban J connectivity index is 0.963. The second-order valence-corrected chi connectivity index (χ2v) is 12.2. The number of anilines is 1. The Kier molecular flexibility index (Phi) is 8.36. The van der Waals surface area contributed by atoms with Gasteiger partial charge in [0.15, 0.2) is 11.4 Å². The number of rotatable bonds is 8. The number of methoxy groups -OCH3 is 1. The smallest absolute Gasteiger partial charge is 0.258 e. The molecular weight excluding hydrogens is 590 g/mol. The summed E-state index contributed by atoms with van der Waals surface area (Å²) in [4.78, 5) is 47.2. The fraction of sp³-hybridized carbons (Fsp3) is 0.270. The lowest BCUT2D eigenvalue weighted by molar-refractivity contribution is -0.138. The minimum absolute atomic E-state index is 0.0565. The van der Waals surface area contributed by atoms with Gasteiger partial charge in [0.05, 0.1) is 6.54 Å². The number of hydrogen-bond donors (Lipinski definition) is 2. The molecule has 5 aromatic rings. The molecule has 2 aromatic carbocycles. The van der Waals surface area contributed by atoms with Gasteiger partial charge in [-0.1, -0.05) is 30.3 Å². The summed E-state index contributed by atoms with van der Waals surface area (Å²) in [6, 6.07) is 19.9. The van der Waals surface area contributed by atoms with Crippen LogP contribution in [0.4, 0.5) is 5.69 Å². The van der Waals surface area contributed by atoms with E-state index in [0.29, 0.717) is 44.1 Å². The molecule has 47 heavy (non-hydrogen) atoms. The van der Waals surface area contributed by atoms with Crippen LogP contribution < -0.4 is 5.32 Å². The average Bonchev–Trinajstić information content (AvgIpc) is 3.73. The second-order valence-electron chi connectivity index (χ2n) is 12.2. The number of aromatic amines is 1. The molecular formula is C37H37N7O3. The van der Waals surface area contributed by atoms with Gasteiger partial charge in [-0.25, -0.2) is 9.97 Å². The molecule has 0 aliphatic carbocycles. The van der Waals surface area contributed by atoms with Crippen LogP contribution in [0.1, 0.15) is 24.1 Å². The zero-order valence-electron chi connectivity index (χ0n) is 26.6. The maximum Gasteiger partial charge on any atom is 0.258 e. The summed E-state index contributed by atoms with van der Waals surface area (Å²) in [7, 11) is 1.57. The van der Waals surface area contributed by atoms with E-state index in [0.717, 1.165) is 45.3 Å². The number of fused-ring (bicyclic) bond motifs is 1. The molecule has 2 amide bonds. The Morgan fingerprint density at radius 1 is 0.957 bits per heavy atom. The number of nitrogens with one attached hydrogen (secondary N) is 2. The lowest BCUT2D eigenvalue weighted by Crippen LogP contribution is -2.48. The lowest BCUT2D eigenvalue weighted by Gasteiger charge is -2.30. The minimum Gasteiger partial charge on any atom is -0.367 e. The maximum atomic E-state index is 13.7. The summed E-state index contributed by atoms with van der Waals surface area (Å²) in [5, 5.41) is 4.10. The number of carbonyl (C=O) groups is 2. The van der Waals surface area contributed by atoms with Crippen LogP contribution in [0.25, 0.3) is 39.0 Å². The summed E-state index contributed by atoms with van der Waals surface area (Å²) in [5.74, 6) is 0.552. The summed E-state index contributed by atoms with van der Waals surface area (Å²) >= 11 is 0. The predicted molar refractivity (Wildman–Crippen MR) is 182 cm³/mol. The molecule has 10 nitrogen and oxygen atoms in total. The lowest BCUT2D eigenvalue weighted by atomic mass is 9.98. The van der Waals surface area contributed by atoms with Gasteiger partial charge in [0.1, 0.15) is 0 Å². The number of carbonyl (C=O) groups excluding carboxylic acids is 2. The van der Waals surface area contributed by atoms with Crippen molar-refractivity contribution in [1.29, 1.82) is 0 Å². The largest absolute Gasteiger partial charge is 0.367 e. The van der Waals surface area contributed by atoms with E-state index in [1.165, 1.54) is 5.57 Å². The van der Waals surface area contributed by atoms with E-state index in [-0.39, 0.29) is 18.4 Å². The van der Waals surface area contributed by atoms with Crippen LogP contribution in [0.15, 0.2) is 91.5 Å². The average molecular weight is 628 g/mol. The van der Waals surface area contributed by atoms with E-state index in [2.05, 4.69) is 43.5 Å². The Labute approximate surface area is 273 Å². The number of nitrogens with zero attached hydrogens (tertiary/aromatic N) is 5. The first-order valence-electron chi connectivity index (χ1n) is 15.9. The van der Waals surface area contributed by atoms with E-state index in [1.807, 2.05) is 65.4 Å². The molecule has 0 bridgehead atoms.